The van der Waals surface area contributed by atoms with E-state index in [9.17, 15) is 9.59 Å². The van der Waals surface area contributed by atoms with E-state index in [4.69, 9.17) is 9.72 Å². The van der Waals surface area contributed by atoms with Gasteiger partial charge >= 0.3 is 0 Å². The van der Waals surface area contributed by atoms with Crippen LogP contribution in [0.4, 0.5) is 11.5 Å². The molecule has 0 radical (unpaired) electrons. The van der Waals surface area contributed by atoms with Crippen LogP contribution in [-0.2, 0) is 9.59 Å². The Bertz CT molecular complexity index is 1390. The lowest BCUT2D eigenvalue weighted by molar-refractivity contribution is -0.122. The van der Waals surface area contributed by atoms with Gasteiger partial charge in [-0.2, -0.15) is 9.78 Å². The first-order chi connectivity index (χ1) is 16.9. The van der Waals surface area contributed by atoms with Gasteiger partial charge in [0, 0.05) is 35.7 Å². The third-order valence-electron chi connectivity index (χ3n) is 6.04. The van der Waals surface area contributed by atoms with E-state index in [1.165, 1.54) is 11.3 Å². The molecular weight excluding hydrogens is 462 g/mol. The van der Waals surface area contributed by atoms with E-state index in [1.54, 1.807) is 16.7 Å². The minimum Gasteiger partial charge on any atom is -0.497 e. The fraction of sp³-hybridized carbons (Fsp3) is 0.231. The van der Waals surface area contributed by atoms with Gasteiger partial charge in [-0.25, -0.2) is 4.98 Å². The van der Waals surface area contributed by atoms with Crippen LogP contribution in [0.5, 0.6) is 5.75 Å². The number of ether oxygens (including phenoxy) is 1. The molecule has 2 aromatic heterocycles. The van der Waals surface area contributed by atoms with Crippen molar-refractivity contribution in [3.05, 3.63) is 71.2 Å². The van der Waals surface area contributed by atoms with Gasteiger partial charge < -0.3 is 15.0 Å². The van der Waals surface area contributed by atoms with Gasteiger partial charge in [-0.1, -0.05) is 18.2 Å². The third kappa shape index (κ3) is 4.54. The molecule has 1 N–H and O–H groups in total. The Labute approximate surface area is 207 Å². The first-order valence-corrected chi connectivity index (χ1v) is 12.1. The van der Waals surface area contributed by atoms with E-state index in [-0.39, 0.29) is 18.2 Å². The smallest absolute Gasteiger partial charge is 0.230 e. The Morgan fingerprint density at radius 3 is 2.66 bits per heavy atom. The first kappa shape index (κ1) is 22.8. The van der Waals surface area contributed by atoms with Crippen LogP contribution in [0.25, 0.3) is 16.4 Å². The van der Waals surface area contributed by atoms with Crippen molar-refractivity contribution in [1.82, 2.24) is 14.8 Å². The van der Waals surface area contributed by atoms with Crippen LogP contribution in [0.2, 0.25) is 0 Å². The maximum Gasteiger partial charge on any atom is 0.230 e. The second-order valence-corrected chi connectivity index (χ2v) is 9.34. The van der Waals surface area contributed by atoms with Crippen molar-refractivity contribution in [2.45, 2.75) is 20.3 Å². The largest absolute Gasteiger partial charge is 0.497 e. The summed E-state index contributed by atoms with van der Waals surface area (Å²) in [7, 11) is 1.63. The molecule has 9 heteroatoms. The molecule has 35 heavy (non-hydrogen) atoms. The van der Waals surface area contributed by atoms with Gasteiger partial charge in [0.05, 0.1) is 24.4 Å². The number of carbonyl (C=O) groups excluding carboxylic acids is 2. The Balaban J connectivity index is 1.34. The molecule has 1 aliphatic heterocycles. The zero-order chi connectivity index (χ0) is 24.5. The van der Waals surface area contributed by atoms with E-state index in [2.05, 4.69) is 10.4 Å². The quantitative estimate of drug-likeness (QED) is 0.429. The molecular formula is C26H25N5O3S. The minimum absolute atomic E-state index is 0.0480. The summed E-state index contributed by atoms with van der Waals surface area (Å²) in [4.78, 5) is 32.2. The summed E-state index contributed by atoms with van der Waals surface area (Å²) in [5.41, 5.74) is 4.39. The average molecular weight is 488 g/mol. The number of nitrogens with zero attached hydrogens (tertiary/aromatic N) is 4. The van der Waals surface area contributed by atoms with E-state index < -0.39 is 5.92 Å². The van der Waals surface area contributed by atoms with Gasteiger partial charge in [-0.3, -0.25) is 9.59 Å². The van der Waals surface area contributed by atoms with Crippen LogP contribution >= 0.6 is 11.3 Å². The number of carbonyl (C=O) groups is 2. The molecule has 178 valence electrons. The molecule has 1 atom stereocenters. The number of hydrogen-bond acceptors (Lipinski definition) is 6. The molecule has 8 nitrogen and oxygen atoms in total. The van der Waals surface area contributed by atoms with Gasteiger partial charge in [0.25, 0.3) is 0 Å². The van der Waals surface area contributed by atoms with Crippen LogP contribution in [0.15, 0.2) is 60.0 Å². The summed E-state index contributed by atoms with van der Waals surface area (Å²) < 4.78 is 6.86. The summed E-state index contributed by atoms with van der Waals surface area (Å²) in [6, 6.07) is 17.2. The SMILES string of the molecule is COc1ccc(-c2csc(-n3nc(C)cc3NC(=O)C3CC(=O)N(c4ccccc4C)C3)n2)cc1. The maximum absolute atomic E-state index is 13.1. The molecule has 1 aliphatic rings. The van der Waals surface area contributed by atoms with Crippen LogP contribution in [-0.4, -0.2) is 40.2 Å². The number of nitrogens with one attached hydrogen (secondary N) is 1. The number of aryl methyl sites for hydroxylation is 2. The molecule has 3 heterocycles. The summed E-state index contributed by atoms with van der Waals surface area (Å²) in [5, 5.41) is 10.1. The Kier molecular flexibility index (Phi) is 6.08. The number of anilines is 2. The van der Waals surface area contributed by atoms with Gasteiger partial charge in [0.2, 0.25) is 16.9 Å². The highest BCUT2D eigenvalue weighted by molar-refractivity contribution is 7.12. The van der Waals surface area contributed by atoms with Crippen molar-refractivity contribution < 1.29 is 14.3 Å². The van der Waals surface area contributed by atoms with Crippen LogP contribution in [0, 0.1) is 19.8 Å². The average Bonchev–Trinajstić information content (AvgIpc) is 3.58. The zero-order valence-electron chi connectivity index (χ0n) is 19.7. The molecule has 0 aliphatic carbocycles. The molecule has 2 aromatic carbocycles. The minimum atomic E-state index is -0.447. The van der Waals surface area contributed by atoms with E-state index in [0.717, 1.165) is 34.0 Å². The second-order valence-electron chi connectivity index (χ2n) is 8.51. The fourth-order valence-electron chi connectivity index (χ4n) is 4.20. The summed E-state index contributed by atoms with van der Waals surface area (Å²) >= 11 is 1.44. The first-order valence-electron chi connectivity index (χ1n) is 11.3. The van der Waals surface area contributed by atoms with Crippen LogP contribution < -0.4 is 15.0 Å². The Morgan fingerprint density at radius 2 is 1.91 bits per heavy atom. The number of thiazole rings is 1. The lowest BCUT2D eigenvalue weighted by Crippen LogP contribution is -2.29. The number of benzene rings is 2. The molecule has 1 saturated heterocycles. The normalized spacial score (nSPS) is 15.5. The predicted molar refractivity (Wildman–Crippen MR) is 136 cm³/mol. The molecule has 5 rings (SSSR count). The van der Waals surface area contributed by atoms with E-state index in [0.29, 0.717) is 17.5 Å². The molecule has 0 spiro atoms. The number of amides is 2. The molecule has 2 amide bonds. The standard InChI is InChI=1S/C26H25N5O3S/c1-16-6-4-5-7-22(16)30-14-19(13-24(30)32)25(33)28-23-12-17(2)29-31(23)26-27-21(15-35-26)18-8-10-20(34-3)11-9-18/h4-12,15,19H,13-14H2,1-3H3,(H,28,33). The molecule has 4 aromatic rings. The molecule has 1 unspecified atom stereocenters. The molecule has 0 bridgehead atoms. The monoisotopic (exact) mass is 487 g/mol. The highest BCUT2D eigenvalue weighted by Crippen LogP contribution is 2.30. The van der Waals surface area contributed by atoms with Gasteiger partial charge in [-0.05, 0) is 49.7 Å². The number of hydrogen-bond donors (Lipinski definition) is 1. The van der Waals surface area contributed by atoms with Gasteiger partial charge in [0.15, 0.2) is 0 Å². The van der Waals surface area contributed by atoms with Gasteiger partial charge in [0.1, 0.15) is 11.6 Å². The Morgan fingerprint density at radius 1 is 1.14 bits per heavy atom. The number of methoxy groups -OCH3 is 1. The predicted octanol–water partition coefficient (Wildman–Crippen LogP) is 4.61. The second kappa shape index (κ2) is 9.34. The highest BCUT2D eigenvalue weighted by atomic mass is 32.1. The third-order valence-corrected chi connectivity index (χ3v) is 6.86. The number of aromatic nitrogens is 3. The topological polar surface area (TPSA) is 89.3 Å². The summed E-state index contributed by atoms with van der Waals surface area (Å²) in [5.74, 6) is 0.612. The lowest BCUT2D eigenvalue weighted by atomic mass is 10.1. The van der Waals surface area contributed by atoms with Crippen molar-refractivity contribution in [3.8, 4) is 22.1 Å². The van der Waals surface area contributed by atoms with Crippen molar-refractivity contribution in [2.75, 3.05) is 23.9 Å². The molecule has 1 fully saturated rings. The van der Waals surface area contributed by atoms with Crippen molar-refractivity contribution in [2.24, 2.45) is 5.92 Å². The lowest BCUT2D eigenvalue weighted by Gasteiger charge is -2.19. The van der Waals surface area contributed by atoms with Crippen molar-refractivity contribution in [3.63, 3.8) is 0 Å². The van der Waals surface area contributed by atoms with E-state index in [1.807, 2.05) is 73.8 Å². The van der Waals surface area contributed by atoms with Crippen molar-refractivity contribution in [1.29, 1.82) is 0 Å². The summed E-state index contributed by atoms with van der Waals surface area (Å²) in [6.07, 6.45) is 0.173. The van der Waals surface area contributed by atoms with Crippen LogP contribution in [0.3, 0.4) is 0 Å². The maximum atomic E-state index is 13.1. The molecule has 0 saturated carbocycles. The fourth-order valence-corrected chi connectivity index (χ4v) is 5.00. The highest BCUT2D eigenvalue weighted by Gasteiger charge is 2.36. The number of rotatable bonds is 6. The van der Waals surface area contributed by atoms with Gasteiger partial charge in [-0.15, -0.1) is 11.3 Å². The number of para-hydroxylation sites is 1. The summed E-state index contributed by atoms with van der Waals surface area (Å²) in [6.45, 7) is 4.18. The Hall–Kier alpha value is -3.98. The van der Waals surface area contributed by atoms with Crippen LogP contribution in [0.1, 0.15) is 17.7 Å². The van der Waals surface area contributed by atoms with Crippen molar-refractivity contribution >= 4 is 34.7 Å². The zero-order valence-corrected chi connectivity index (χ0v) is 20.5. The van der Waals surface area contributed by atoms with E-state index >= 15 is 0 Å².